The number of rotatable bonds is 3. The molecule has 1 atom stereocenters. The molecule has 1 aliphatic carbocycles. The number of nitriles is 1. The number of benzene rings is 2. The standard InChI is InChI=1S/C26H26N2O4/c1-25(2)20-11-16(30-13-17-14-31-26(3,4)32-17)7-9-18(20)23(29)22-19-8-6-15(12-27)10-21(19)28(5)24(22)25/h6-11,17H,13-14H2,1-5H3. The van der Waals surface area contributed by atoms with E-state index in [1.807, 2.05) is 55.8 Å². The summed E-state index contributed by atoms with van der Waals surface area (Å²) in [5.41, 5.74) is 4.34. The van der Waals surface area contributed by atoms with Gasteiger partial charge >= 0.3 is 0 Å². The second-order valence-corrected chi connectivity index (χ2v) is 9.55. The van der Waals surface area contributed by atoms with Crippen LogP contribution in [0.1, 0.15) is 60.4 Å². The van der Waals surface area contributed by atoms with E-state index in [1.165, 1.54) is 0 Å². The molecule has 3 aromatic rings. The number of carbonyl (C=O) groups is 1. The zero-order valence-corrected chi connectivity index (χ0v) is 19.0. The number of hydrogen-bond acceptors (Lipinski definition) is 5. The van der Waals surface area contributed by atoms with E-state index in [0.717, 1.165) is 27.7 Å². The molecule has 6 nitrogen and oxygen atoms in total. The van der Waals surface area contributed by atoms with Gasteiger partial charge in [0, 0.05) is 29.1 Å². The van der Waals surface area contributed by atoms with Gasteiger partial charge in [-0.15, -0.1) is 0 Å². The molecule has 0 N–H and O–H groups in total. The summed E-state index contributed by atoms with van der Waals surface area (Å²) in [4.78, 5) is 13.6. The number of aromatic nitrogens is 1. The Hall–Kier alpha value is -3.14. The lowest BCUT2D eigenvalue weighted by Crippen LogP contribution is -2.32. The molecule has 1 aliphatic heterocycles. The fourth-order valence-electron chi connectivity index (χ4n) is 5.09. The predicted octanol–water partition coefficient (Wildman–Crippen LogP) is 4.45. The second kappa shape index (κ2) is 6.93. The number of carbonyl (C=O) groups excluding carboxylic acids is 1. The Morgan fingerprint density at radius 2 is 1.97 bits per heavy atom. The summed E-state index contributed by atoms with van der Waals surface area (Å²) in [6.45, 7) is 8.91. The molecule has 1 unspecified atom stereocenters. The van der Waals surface area contributed by atoms with E-state index in [9.17, 15) is 10.1 Å². The van der Waals surface area contributed by atoms with Crippen LogP contribution in [-0.4, -0.2) is 35.5 Å². The lowest BCUT2D eigenvalue weighted by molar-refractivity contribution is -0.141. The molecule has 0 radical (unpaired) electrons. The maximum atomic E-state index is 13.6. The lowest BCUT2D eigenvalue weighted by atomic mass is 9.71. The maximum absolute atomic E-state index is 13.6. The predicted molar refractivity (Wildman–Crippen MR) is 120 cm³/mol. The smallest absolute Gasteiger partial charge is 0.195 e. The third kappa shape index (κ3) is 3.04. The number of ketones is 1. The van der Waals surface area contributed by atoms with Gasteiger partial charge in [-0.3, -0.25) is 4.79 Å². The molecule has 0 spiro atoms. The first-order valence-electron chi connectivity index (χ1n) is 10.8. The van der Waals surface area contributed by atoms with E-state index in [2.05, 4.69) is 19.9 Å². The van der Waals surface area contributed by atoms with Gasteiger partial charge in [0.25, 0.3) is 0 Å². The van der Waals surface area contributed by atoms with Crippen LogP contribution in [0.15, 0.2) is 36.4 Å². The van der Waals surface area contributed by atoms with Crippen LogP contribution in [0.3, 0.4) is 0 Å². The quantitative estimate of drug-likeness (QED) is 0.614. The Morgan fingerprint density at radius 1 is 1.19 bits per heavy atom. The van der Waals surface area contributed by atoms with Crippen molar-refractivity contribution < 1.29 is 19.0 Å². The van der Waals surface area contributed by atoms with Gasteiger partial charge < -0.3 is 18.8 Å². The molecular formula is C26H26N2O4. The topological polar surface area (TPSA) is 73.5 Å². The van der Waals surface area contributed by atoms with E-state index < -0.39 is 11.2 Å². The zero-order chi connectivity index (χ0) is 22.8. The summed E-state index contributed by atoms with van der Waals surface area (Å²) >= 11 is 0. The molecule has 0 saturated carbocycles. The second-order valence-electron chi connectivity index (χ2n) is 9.55. The van der Waals surface area contributed by atoms with Gasteiger partial charge in [-0.1, -0.05) is 19.9 Å². The molecule has 0 bridgehead atoms. The summed E-state index contributed by atoms with van der Waals surface area (Å²) in [7, 11) is 1.96. The van der Waals surface area contributed by atoms with Crippen LogP contribution in [0.4, 0.5) is 0 Å². The van der Waals surface area contributed by atoms with Gasteiger partial charge in [0.2, 0.25) is 0 Å². The number of aryl methyl sites for hydroxylation is 1. The van der Waals surface area contributed by atoms with Crippen molar-refractivity contribution in [3.8, 4) is 11.8 Å². The average molecular weight is 431 g/mol. The Kier molecular flexibility index (Phi) is 4.49. The number of ether oxygens (including phenoxy) is 3. The number of hydrogen-bond donors (Lipinski definition) is 0. The molecule has 5 rings (SSSR count). The minimum atomic E-state index is -0.589. The summed E-state index contributed by atoms with van der Waals surface area (Å²) in [5.74, 6) is 0.117. The molecule has 0 amide bonds. The average Bonchev–Trinajstić information content (AvgIpc) is 3.27. The van der Waals surface area contributed by atoms with Crippen LogP contribution in [0.25, 0.3) is 10.9 Å². The first-order valence-corrected chi connectivity index (χ1v) is 10.8. The van der Waals surface area contributed by atoms with Crippen molar-refractivity contribution in [3.05, 3.63) is 64.3 Å². The van der Waals surface area contributed by atoms with E-state index in [1.54, 1.807) is 6.07 Å². The van der Waals surface area contributed by atoms with Crippen LogP contribution in [-0.2, 0) is 21.9 Å². The summed E-state index contributed by atoms with van der Waals surface area (Å²) in [6, 6.07) is 13.4. The molecule has 1 fully saturated rings. The van der Waals surface area contributed by atoms with Crippen molar-refractivity contribution in [1.29, 1.82) is 5.26 Å². The Balaban J connectivity index is 1.54. The van der Waals surface area contributed by atoms with Gasteiger partial charge in [-0.05, 0) is 49.7 Å². The fourth-order valence-corrected chi connectivity index (χ4v) is 5.09. The van der Waals surface area contributed by atoms with Crippen molar-refractivity contribution in [3.63, 3.8) is 0 Å². The minimum absolute atomic E-state index is 0.00505. The highest BCUT2D eigenvalue weighted by Gasteiger charge is 2.41. The Labute approximate surface area is 187 Å². The lowest BCUT2D eigenvalue weighted by Gasteiger charge is -2.34. The number of fused-ring (bicyclic) bond motifs is 4. The zero-order valence-electron chi connectivity index (χ0n) is 19.0. The summed E-state index contributed by atoms with van der Waals surface area (Å²) < 4.78 is 19.5. The number of nitrogens with zero attached hydrogens (tertiary/aromatic N) is 2. The molecule has 1 saturated heterocycles. The van der Waals surface area contributed by atoms with Crippen molar-refractivity contribution >= 4 is 16.7 Å². The highest BCUT2D eigenvalue weighted by atomic mass is 16.7. The largest absolute Gasteiger partial charge is 0.491 e. The van der Waals surface area contributed by atoms with Gasteiger partial charge in [0.1, 0.15) is 18.5 Å². The van der Waals surface area contributed by atoms with Crippen LogP contribution < -0.4 is 4.74 Å². The van der Waals surface area contributed by atoms with Crippen LogP contribution in [0, 0.1) is 11.3 Å². The van der Waals surface area contributed by atoms with Crippen LogP contribution >= 0.6 is 0 Å². The van der Waals surface area contributed by atoms with Crippen molar-refractivity contribution in [2.45, 2.75) is 45.0 Å². The normalized spacial score (nSPS) is 20.6. The Morgan fingerprint density at radius 3 is 2.66 bits per heavy atom. The molecule has 6 heteroatoms. The van der Waals surface area contributed by atoms with Crippen LogP contribution in [0.2, 0.25) is 0 Å². The molecule has 1 aromatic heterocycles. The van der Waals surface area contributed by atoms with Crippen molar-refractivity contribution in [2.24, 2.45) is 7.05 Å². The molecule has 164 valence electrons. The molecule has 2 aromatic carbocycles. The highest BCUT2D eigenvalue weighted by molar-refractivity contribution is 6.20. The minimum Gasteiger partial charge on any atom is -0.491 e. The highest BCUT2D eigenvalue weighted by Crippen LogP contribution is 2.46. The third-order valence-corrected chi connectivity index (χ3v) is 6.56. The van der Waals surface area contributed by atoms with E-state index in [4.69, 9.17) is 14.2 Å². The summed E-state index contributed by atoms with van der Waals surface area (Å²) in [6.07, 6.45) is -0.130. The molecule has 2 aliphatic rings. The van der Waals surface area contributed by atoms with E-state index in [-0.39, 0.29) is 11.9 Å². The van der Waals surface area contributed by atoms with Gasteiger partial charge in [0.15, 0.2) is 11.6 Å². The first kappa shape index (κ1) is 20.7. The molecular weight excluding hydrogens is 404 g/mol. The maximum Gasteiger partial charge on any atom is 0.195 e. The van der Waals surface area contributed by atoms with Crippen molar-refractivity contribution in [1.82, 2.24) is 4.57 Å². The molecule has 32 heavy (non-hydrogen) atoms. The van der Waals surface area contributed by atoms with Crippen molar-refractivity contribution in [2.75, 3.05) is 13.2 Å². The van der Waals surface area contributed by atoms with Crippen LogP contribution in [0.5, 0.6) is 5.75 Å². The van der Waals surface area contributed by atoms with Gasteiger partial charge in [-0.25, -0.2) is 0 Å². The fraction of sp³-hybridized carbons (Fsp3) is 0.385. The van der Waals surface area contributed by atoms with E-state index >= 15 is 0 Å². The summed E-state index contributed by atoms with van der Waals surface area (Å²) in [5, 5.41) is 10.2. The Bertz CT molecular complexity index is 1310. The first-order chi connectivity index (χ1) is 15.1. The third-order valence-electron chi connectivity index (χ3n) is 6.56. The van der Waals surface area contributed by atoms with Gasteiger partial charge in [0.05, 0.1) is 29.3 Å². The monoisotopic (exact) mass is 430 g/mol. The SMILES string of the molecule is Cn1c2c(c3ccc(C#N)cc31)C(=O)c1ccc(OCC3COC(C)(C)O3)cc1C2(C)C. The van der Waals surface area contributed by atoms with E-state index in [0.29, 0.717) is 30.1 Å². The van der Waals surface area contributed by atoms with Gasteiger partial charge in [-0.2, -0.15) is 5.26 Å². The molecule has 2 heterocycles.